The van der Waals surface area contributed by atoms with Crippen molar-refractivity contribution in [3.8, 4) is 0 Å². The van der Waals surface area contributed by atoms with Crippen molar-refractivity contribution in [1.29, 1.82) is 0 Å². The van der Waals surface area contributed by atoms with Gasteiger partial charge >= 0.3 is 0 Å². The largest absolute Gasteiger partial charge is 0.248 e. The highest BCUT2D eigenvalue weighted by Gasteiger charge is 2.06. The number of aromatic nitrogens is 1. The topological polar surface area (TPSA) is 12.9 Å². The lowest BCUT2D eigenvalue weighted by atomic mass is 10.8. The van der Waals surface area contributed by atoms with Crippen LogP contribution in [0, 0.1) is 6.92 Å². The number of hydrogen-bond donors (Lipinski definition) is 0. The summed E-state index contributed by atoms with van der Waals surface area (Å²) in [5.74, 6) is 0. The zero-order valence-corrected chi connectivity index (χ0v) is 7.30. The van der Waals surface area contributed by atoms with Crippen LogP contribution in [0.25, 0.3) is 0 Å². The van der Waals surface area contributed by atoms with Crippen LogP contribution in [0.5, 0.6) is 0 Å². The van der Waals surface area contributed by atoms with E-state index >= 15 is 0 Å². The summed E-state index contributed by atoms with van der Waals surface area (Å²) in [6.07, 6.45) is 3.93. The summed E-state index contributed by atoms with van der Waals surface area (Å²) in [7, 11) is -0.225. The fourth-order valence-corrected chi connectivity index (χ4v) is 2.27. The molecule has 1 unspecified atom stereocenters. The van der Waals surface area contributed by atoms with E-state index in [1.54, 1.807) is 11.3 Å². The van der Waals surface area contributed by atoms with E-state index in [1.165, 1.54) is 5.44 Å². The maximum absolute atomic E-state index is 4.30. The molecule has 0 bridgehead atoms. The van der Waals surface area contributed by atoms with Crippen LogP contribution < -0.4 is 5.44 Å². The monoisotopic (exact) mass is 158 g/mol. The fraction of sp³-hybridized carbons (Fsp3) is 0.333. The third-order valence-corrected chi connectivity index (χ3v) is 2.96. The molecule has 0 aromatic carbocycles. The van der Waals surface area contributed by atoms with Crippen LogP contribution in [0.2, 0.25) is 0 Å². The molecule has 0 aliphatic rings. The van der Waals surface area contributed by atoms with Crippen molar-refractivity contribution in [2.75, 3.05) is 6.66 Å². The standard InChI is InChI=1S/C6H9NPS/c1-5-7-6(4-9-5)8(2)3/h4H,2H2,1,3H3/q+1. The van der Waals surface area contributed by atoms with Crippen molar-refractivity contribution in [3.05, 3.63) is 10.4 Å². The lowest BCUT2D eigenvalue weighted by Crippen LogP contribution is -1.94. The highest BCUT2D eigenvalue weighted by atomic mass is 32.1. The SMILES string of the molecule is C=[P+](C)c1csc(C)n1. The zero-order chi connectivity index (χ0) is 6.85. The first kappa shape index (κ1) is 6.91. The molecule has 0 N–H and O–H groups in total. The number of nitrogens with zero attached hydrogens (tertiary/aromatic N) is 1. The Morgan fingerprint density at radius 3 is 2.67 bits per heavy atom. The second-order valence-corrected chi connectivity index (χ2v) is 4.84. The van der Waals surface area contributed by atoms with Gasteiger partial charge in [0.05, 0.1) is 16.7 Å². The van der Waals surface area contributed by atoms with Crippen LogP contribution in [-0.4, -0.2) is 17.9 Å². The number of hydrogen-bond acceptors (Lipinski definition) is 2. The Balaban J connectivity index is 2.98. The molecule has 48 valence electrons. The Bertz CT molecular complexity index is 229. The van der Waals surface area contributed by atoms with Crippen molar-refractivity contribution in [3.63, 3.8) is 0 Å². The molecule has 1 atom stereocenters. The first-order valence-corrected chi connectivity index (χ1v) is 5.52. The van der Waals surface area contributed by atoms with Gasteiger partial charge in [-0.25, -0.2) is 4.98 Å². The summed E-state index contributed by atoms with van der Waals surface area (Å²) < 4.78 is 0. The summed E-state index contributed by atoms with van der Waals surface area (Å²) in [4.78, 5) is 4.30. The van der Waals surface area contributed by atoms with Crippen LogP contribution in [0.1, 0.15) is 5.01 Å². The Morgan fingerprint density at radius 2 is 2.44 bits per heavy atom. The molecule has 0 aliphatic heterocycles. The maximum atomic E-state index is 4.30. The van der Waals surface area contributed by atoms with E-state index in [-0.39, 0.29) is 7.55 Å². The van der Waals surface area contributed by atoms with Crippen molar-refractivity contribution in [2.45, 2.75) is 6.92 Å². The van der Waals surface area contributed by atoms with E-state index in [0.717, 1.165) is 5.01 Å². The third-order valence-electron chi connectivity index (χ3n) is 0.998. The summed E-state index contributed by atoms with van der Waals surface area (Å²) >= 11 is 1.70. The molecule has 9 heavy (non-hydrogen) atoms. The second kappa shape index (κ2) is 2.59. The van der Waals surface area contributed by atoms with Gasteiger partial charge in [-0.1, -0.05) is 0 Å². The normalized spacial score (nSPS) is 11.6. The predicted molar refractivity (Wildman–Crippen MR) is 46.5 cm³/mol. The summed E-state index contributed by atoms with van der Waals surface area (Å²) in [5.41, 5.74) is 1.17. The molecular formula is C6H9NPS+. The van der Waals surface area contributed by atoms with E-state index in [2.05, 4.69) is 23.3 Å². The Kier molecular flexibility index (Phi) is 1.99. The van der Waals surface area contributed by atoms with Crippen LogP contribution in [0.3, 0.4) is 0 Å². The molecule has 0 saturated heterocycles. The van der Waals surface area contributed by atoms with E-state index in [1.807, 2.05) is 6.92 Å². The Hall–Kier alpha value is -0.200. The lowest BCUT2D eigenvalue weighted by Gasteiger charge is -1.74. The van der Waals surface area contributed by atoms with Gasteiger partial charge in [0.1, 0.15) is 14.2 Å². The summed E-state index contributed by atoms with van der Waals surface area (Å²) in [5, 5.41) is 3.23. The molecular weight excluding hydrogens is 149 g/mol. The average molecular weight is 158 g/mol. The summed E-state index contributed by atoms with van der Waals surface area (Å²) in [6, 6.07) is 0. The van der Waals surface area contributed by atoms with Gasteiger partial charge in [0, 0.05) is 0 Å². The molecule has 1 rings (SSSR count). The third kappa shape index (κ3) is 1.60. The van der Waals surface area contributed by atoms with Gasteiger partial charge in [-0.15, -0.1) is 11.3 Å². The minimum Gasteiger partial charge on any atom is -0.201 e. The van der Waals surface area contributed by atoms with Gasteiger partial charge in [-0.2, -0.15) is 0 Å². The van der Waals surface area contributed by atoms with Crippen molar-refractivity contribution >= 4 is 30.6 Å². The van der Waals surface area contributed by atoms with Gasteiger partial charge in [0.25, 0.3) is 0 Å². The average Bonchev–Trinajstić information content (AvgIpc) is 2.14. The molecule has 1 heterocycles. The molecule has 0 aliphatic carbocycles. The van der Waals surface area contributed by atoms with Crippen molar-refractivity contribution in [2.24, 2.45) is 0 Å². The predicted octanol–water partition coefficient (Wildman–Crippen LogP) is 1.62. The van der Waals surface area contributed by atoms with Crippen LogP contribution in [-0.2, 0) is 0 Å². The van der Waals surface area contributed by atoms with E-state index < -0.39 is 0 Å². The van der Waals surface area contributed by atoms with Crippen molar-refractivity contribution in [1.82, 2.24) is 4.98 Å². The van der Waals surface area contributed by atoms with Gasteiger partial charge in [0.15, 0.2) is 0 Å². The molecule has 0 spiro atoms. The van der Waals surface area contributed by atoms with Crippen LogP contribution in [0.15, 0.2) is 5.38 Å². The molecule has 0 saturated carbocycles. The first-order valence-electron chi connectivity index (χ1n) is 2.66. The smallest absolute Gasteiger partial charge is 0.201 e. The second-order valence-electron chi connectivity index (χ2n) is 1.92. The van der Waals surface area contributed by atoms with Gasteiger partial charge in [0.2, 0.25) is 5.44 Å². The molecule has 0 radical (unpaired) electrons. The first-order chi connectivity index (χ1) is 4.20. The highest BCUT2D eigenvalue weighted by Crippen LogP contribution is 2.14. The number of rotatable bonds is 1. The molecule has 1 aromatic rings. The zero-order valence-electron chi connectivity index (χ0n) is 5.59. The van der Waals surface area contributed by atoms with Crippen LogP contribution >= 0.6 is 18.9 Å². The quantitative estimate of drug-likeness (QED) is 0.566. The molecule has 0 fully saturated rings. The molecule has 1 nitrogen and oxygen atoms in total. The number of thiazole rings is 1. The van der Waals surface area contributed by atoms with Gasteiger partial charge < -0.3 is 0 Å². The van der Waals surface area contributed by atoms with E-state index in [0.29, 0.717) is 0 Å². The Labute approximate surface area is 60.1 Å². The van der Waals surface area contributed by atoms with E-state index in [4.69, 9.17) is 0 Å². The van der Waals surface area contributed by atoms with Gasteiger partial charge in [-0.3, -0.25) is 0 Å². The highest BCUT2D eigenvalue weighted by molar-refractivity contribution is 7.63. The van der Waals surface area contributed by atoms with Crippen LogP contribution in [0.4, 0.5) is 0 Å². The molecule has 1 aromatic heterocycles. The maximum Gasteiger partial charge on any atom is 0.248 e. The van der Waals surface area contributed by atoms with E-state index in [9.17, 15) is 0 Å². The van der Waals surface area contributed by atoms with Crippen molar-refractivity contribution < 1.29 is 0 Å². The molecule has 0 amide bonds. The number of aryl methyl sites for hydroxylation is 1. The minimum absolute atomic E-state index is 0.225. The van der Waals surface area contributed by atoms with Gasteiger partial charge in [-0.05, 0) is 6.92 Å². The fourth-order valence-electron chi connectivity index (χ4n) is 0.527. The Morgan fingerprint density at radius 1 is 1.78 bits per heavy atom. The minimum atomic E-state index is -0.225. The lowest BCUT2D eigenvalue weighted by molar-refractivity contribution is 1.34. The molecule has 3 heteroatoms. The summed E-state index contributed by atoms with van der Waals surface area (Å²) in [6.45, 7) is 4.14.